The number of aryl methyl sites for hydroxylation is 1. The lowest BCUT2D eigenvalue weighted by molar-refractivity contribution is -0.129. The number of hydrogen-bond acceptors (Lipinski definition) is 6. The van der Waals surface area contributed by atoms with Crippen molar-refractivity contribution in [3.63, 3.8) is 0 Å². The van der Waals surface area contributed by atoms with Crippen LogP contribution in [0.5, 0.6) is 0 Å². The van der Waals surface area contributed by atoms with Crippen LogP contribution >= 0.6 is 0 Å². The van der Waals surface area contributed by atoms with Crippen LogP contribution in [0.2, 0.25) is 0 Å². The molecule has 0 bridgehead atoms. The van der Waals surface area contributed by atoms with Crippen LogP contribution in [0.15, 0.2) is 65.3 Å². The van der Waals surface area contributed by atoms with Gasteiger partial charge in [0.05, 0.1) is 18.7 Å². The Kier molecular flexibility index (Phi) is 5.03. The van der Waals surface area contributed by atoms with Crippen LogP contribution < -0.4 is 0 Å². The SMILES string of the molecule is Cc1cccc(CC(=O)N2CCC(n3cc(-c4nc(-c5ccccc5)no4)nn3)C2)c1. The minimum atomic E-state index is 0.0826. The van der Waals surface area contributed by atoms with Crippen molar-refractivity contribution in [1.82, 2.24) is 30.0 Å². The van der Waals surface area contributed by atoms with Crippen LogP contribution in [0.1, 0.15) is 23.6 Å². The summed E-state index contributed by atoms with van der Waals surface area (Å²) < 4.78 is 7.17. The van der Waals surface area contributed by atoms with Gasteiger partial charge in [-0.2, -0.15) is 4.98 Å². The molecule has 1 amide bonds. The van der Waals surface area contributed by atoms with Gasteiger partial charge in [-0.15, -0.1) is 5.10 Å². The molecule has 1 aliphatic rings. The second-order valence-corrected chi connectivity index (χ2v) is 7.82. The van der Waals surface area contributed by atoms with Gasteiger partial charge in [-0.1, -0.05) is 70.5 Å². The van der Waals surface area contributed by atoms with Crippen molar-refractivity contribution in [2.75, 3.05) is 13.1 Å². The first-order valence-corrected chi connectivity index (χ1v) is 10.3. The number of carbonyl (C=O) groups is 1. The Labute approximate surface area is 179 Å². The Bertz CT molecular complexity index is 1200. The summed E-state index contributed by atoms with van der Waals surface area (Å²) in [5.41, 5.74) is 3.61. The lowest BCUT2D eigenvalue weighted by atomic mass is 10.1. The largest absolute Gasteiger partial charge is 0.340 e. The third-order valence-corrected chi connectivity index (χ3v) is 5.52. The Morgan fingerprint density at radius 1 is 1.16 bits per heavy atom. The predicted molar refractivity (Wildman–Crippen MR) is 114 cm³/mol. The molecule has 4 aromatic rings. The maximum absolute atomic E-state index is 12.7. The van der Waals surface area contributed by atoms with Crippen LogP contribution in [0.25, 0.3) is 23.0 Å². The van der Waals surface area contributed by atoms with E-state index in [1.807, 2.05) is 66.6 Å². The number of nitrogens with zero attached hydrogens (tertiary/aromatic N) is 6. The summed E-state index contributed by atoms with van der Waals surface area (Å²) in [6.07, 6.45) is 3.06. The maximum Gasteiger partial charge on any atom is 0.280 e. The van der Waals surface area contributed by atoms with E-state index in [9.17, 15) is 4.79 Å². The van der Waals surface area contributed by atoms with E-state index in [0.29, 0.717) is 36.9 Å². The minimum absolute atomic E-state index is 0.0826. The molecule has 8 heteroatoms. The van der Waals surface area contributed by atoms with Gasteiger partial charge in [-0.05, 0) is 18.9 Å². The number of benzene rings is 2. The van der Waals surface area contributed by atoms with Gasteiger partial charge in [0.2, 0.25) is 11.7 Å². The molecule has 31 heavy (non-hydrogen) atoms. The standard InChI is InChI=1S/C23H22N6O2/c1-16-6-5-7-17(12-16)13-21(30)28-11-10-19(14-28)29-15-20(25-27-29)23-24-22(26-31-23)18-8-3-2-4-9-18/h2-9,12,15,19H,10-11,13-14H2,1H3. The van der Waals surface area contributed by atoms with Gasteiger partial charge in [0.1, 0.15) is 0 Å². The fourth-order valence-corrected chi connectivity index (χ4v) is 3.88. The van der Waals surface area contributed by atoms with Crippen molar-refractivity contribution in [2.45, 2.75) is 25.8 Å². The number of carbonyl (C=O) groups excluding carboxylic acids is 1. The molecule has 2 aromatic carbocycles. The van der Waals surface area contributed by atoms with Crippen molar-refractivity contribution < 1.29 is 9.32 Å². The number of hydrogen-bond donors (Lipinski definition) is 0. The topological polar surface area (TPSA) is 89.9 Å². The van der Waals surface area contributed by atoms with E-state index in [1.165, 1.54) is 0 Å². The van der Waals surface area contributed by atoms with Crippen molar-refractivity contribution in [1.29, 1.82) is 0 Å². The van der Waals surface area contributed by atoms with Gasteiger partial charge in [0.25, 0.3) is 5.89 Å². The molecular weight excluding hydrogens is 392 g/mol. The molecule has 8 nitrogen and oxygen atoms in total. The zero-order chi connectivity index (χ0) is 21.2. The Balaban J connectivity index is 1.25. The highest BCUT2D eigenvalue weighted by atomic mass is 16.5. The molecule has 1 saturated heterocycles. The van der Waals surface area contributed by atoms with Gasteiger partial charge in [0.15, 0.2) is 5.69 Å². The van der Waals surface area contributed by atoms with E-state index in [0.717, 1.165) is 23.1 Å². The molecule has 1 fully saturated rings. The van der Waals surface area contributed by atoms with Gasteiger partial charge in [-0.3, -0.25) is 4.79 Å². The summed E-state index contributed by atoms with van der Waals surface area (Å²) in [6, 6.07) is 17.8. The fraction of sp³-hybridized carbons (Fsp3) is 0.261. The van der Waals surface area contributed by atoms with E-state index < -0.39 is 0 Å². The maximum atomic E-state index is 12.7. The van der Waals surface area contributed by atoms with Gasteiger partial charge in [0, 0.05) is 18.7 Å². The van der Waals surface area contributed by atoms with E-state index >= 15 is 0 Å². The normalized spacial score (nSPS) is 16.0. The average molecular weight is 414 g/mol. The molecule has 1 aliphatic heterocycles. The quantitative estimate of drug-likeness (QED) is 0.498. The molecule has 0 aliphatic carbocycles. The van der Waals surface area contributed by atoms with E-state index in [4.69, 9.17) is 4.52 Å². The summed E-state index contributed by atoms with van der Waals surface area (Å²) in [5.74, 6) is 0.979. The minimum Gasteiger partial charge on any atom is -0.340 e. The summed E-state index contributed by atoms with van der Waals surface area (Å²) >= 11 is 0. The summed E-state index contributed by atoms with van der Waals surface area (Å²) in [4.78, 5) is 19.0. The van der Waals surface area contributed by atoms with Gasteiger partial charge in [-0.25, -0.2) is 4.68 Å². The van der Waals surface area contributed by atoms with Crippen molar-refractivity contribution in [3.05, 3.63) is 71.9 Å². The van der Waals surface area contributed by atoms with Crippen molar-refractivity contribution >= 4 is 5.91 Å². The molecule has 3 heterocycles. The lowest BCUT2D eigenvalue weighted by Gasteiger charge is -2.16. The zero-order valence-corrected chi connectivity index (χ0v) is 17.2. The first-order valence-electron chi connectivity index (χ1n) is 10.3. The first kappa shape index (κ1) is 19.2. The Hall–Kier alpha value is -3.81. The molecule has 1 atom stereocenters. The number of amides is 1. The highest BCUT2D eigenvalue weighted by Crippen LogP contribution is 2.25. The van der Waals surface area contributed by atoms with Crippen LogP contribution in [0, 0.1) is 6.92 Å². The zero-order valence-electron chi connectivity index (χ0n) is 17.2. The highest BCUT2D eigenvalue weighted by molar-refractivity contribution is 5.79. The molecule has 5 rings (SSSR count). The monoisotopic (exact) mass is 414 g/mol. The molecular formula is C23H22N6O2. The van der Waals surface area contributed by atoms with Crippen LogP contribution in [-0.2, 0) is 11.2 Å². The molecule has 0 spiro atoms. The molecule has 156 valence electrons. The van der Waals surface area contributed by atoms with Crippen LogP contribution in [0.3, 0.4) is 0 Å². The second-order valence-electron chi connectivity index (χ2n) is 7.82. The number of likely N-dealkylation sites (tertiary alicyclic amines) is 1. The van der Waals surface area contributed by atoms with E-state index in [1.54, 1.807) is 4.68 Å². The molecule has 0 saturated carbocycles. The fourth-order valence-electron chi connectivity index (χ4n) is 3.88. The number of aromatic nitrogens is 5. The number of rotatable bonds is 5. The molecule has 0 N–H and O–H groups in total. The second kappa shape index (κ2) is 8.14. The van der Waals surface area contributed by atoms with Crippen LogP contribution in [0.4, 0.5) is 0 Å². The Morgan fingerprint density at radius 2 is 2.03 bits per heavy atom. The first-order chi connectivity index (χ1) is 15.2. The average Bonchev–Trinajstić information content (AvgIpc) is 3.54. The lowest BCUT2D eigenvalue weighted by Crippen LogP contribution is -2.30. The third kappa shape index (κ3) is 4.09. The third-order valence-electron chi connectivity index (χ3n) is 5.52. The summed E-state index contributed by atoms with van der Waals surface area (Å²) in [6.45, 7) is 3.37. The van der Waals surface area contributed by atoms with Gasteiger partial charge < -0.3 is 9.42 Å². The summed E-state index contributed by atoms with van der Waals surface area (Å²) in [5, 5.41) is 12.5. The smallest absolute Gasteiger partial charge is 0.280 e. The van der Waals surface area contributed by atoms with Crippen molar-refractivity contribution in [2.24, 2.45) is 0 Å². The van der Waals surface area contributed by atoms with Gasteiger partial charge >= 0.3 is 0 Å². The molecule has 0 radical (unpaired) electrons. The van der Waals surface area contributed by atoms with Crippen molar-refractivity contribution in [3.8, 4) is 23.0 Å². The predicted octanol–water partition coefficient (Wildman–Crippen LogP) is 3.32. The molecule has 1 unspecified atom stereocenters. The highest BCUT2D eigenvalue weighted by Gasteiger charge is 2.28. The Morgan fingerprint density at radius 3 is 2.87 bits per heavy atom. The molecule has 2 aromatic heterocycles. The van der Waals surface area contributed by atoms with E-state index in [-0.39, 0.29) is 11.9 Å². The summed E-state index contributed by atoms with van der Waals surface area (Å²) in [7, 11) is 0. The van der Waals surface area contributed by atoms with Crippen LogP contribution in [-0.4, -0.2) is 49.0 Å². The van der Waals surface area contributed by atoms with E-state index in [2.05, 4.69) is 26.5 Å².